The van der Waals surface area contributed by atoms with Crippen molar-refractivity contribution in [3.8, 4) is 0 Å². The monoisotopic (exact) mass is 212 g/mol. The van der Waals surface area contributed by atoms with Crippen LogP contribution >= 0.6 is 0 Å². The van der Waals surface area contributed by atoms with E-state index >= 15 is 0 Å². The number of aliphatic hydroxyl groups is 1. The van der Waals surface area contributed by atoms with Gasteiger partial charge in [-0.25, -0.2) is 0 Å². The predicted molar refractivity (Wildman–Crippen MR) is 57.4 cm³/mol. The quantitative estimate of drug-likeness (QED) is 0.683. The smallest absolute Gasteiger partial charge is 0.220 e. The Hall–Kier alpha value is -0.610. The first-order chi connectivity index (χ1) is 7.28. The molecule has 2 N–H and O–H groups in total. The number of rotatable bonds is 3. The minimum absolute atomic E-state index is 0.199. The van der Waals surface area contributed by atoms with E-state index in [9.17, 15) is 4.79 Å². The van der Waals surface area contributed by atoms with Crippen LogP contribution in [-0.2, 0) is 4.79 Å². The zero-order chi connectivity index (χ0) is 10.7. The summed E-state index contributed by atoms with van der Waals surface area (Å²) in [4.78, 5) is 13.5. The standard InChI is InChI=1S/C11H20N2O2/c14-8-9-1-3-13(4-2-9)7-10-5-11(15)12-6-10/h9-10,14H,1-8H2,(H,12,15)/t10-/m0/s1. The molecular formula is C11H20N2O2. The average molecular weight is 212 g/mol. The van der Waals surface area contributed by atoms with Gasteiger partial charge in [0.15, 0.2) is 0 Å². The van der Waals surface area contributed by atoms with Crippen molar-refractivity contribution in [2.24, 2.45) is 11.8 Å². The van der Waals surface area contributed by atoms with Crippen molar-refractivity contribution in [1.82, 2.24) is 10.2 Å². The molecule has 0 saturated carbocycles. The van der Waals surface area contributed by atoms with Gasteiger partial charge in [-0.3, -0.25) is 4.79 Å². The van der Waals surface area contributed by atoms with Crippen LogP contribution in [0.2, 0.25) is 0 Å². The number of likely N-dealkylation sites (tertiary alicyclic amines) is 1. The summed E-state index contributed by atoms with van der Waals surface area (Å²) in [7, 11) is 0. The summed E-state index contributed by atoms with van der Waals surface area (Å²) in [5.41, 5.74) is 0. The Bertz CT molecular complexity index is 225. The Morgan fingerprint density at radius 1 is 1.33 bits per heavy atom. The summed E-state index contributed by atoms with van der Waals surface area (Å²) in [5, 5.41) is 11.9. The molecule has 0 spiro atoms. The highest BCUT2D eigenvalue weighted by Gasteiger charge is 2.25. The molecule has 15 heavy (non-hydrogen) atoms. The highest BCUT2D eigenvalue weighted by molar-refractivity contribution is 5.78. The lowest BCUT2D eigenvalue weighted by molar-refractivity contribution is -0.119. The maximum atomic E-state index is 11.0. The minimum atomic E-state index is 0.199. The van der Waals surface area contributed by atoms with Gasteiger partial charge in [0.2, 0.25) is 5.91 Å². The summed E-state index contributed by atoms with van der Waals surface area (Å²) in [6, 6.07) is 0. The fraction of sp³-hybridized carbons (Fsp3) is 0.909. The van der Waals surface area contributed by atoms with Gasteiger partial charge in [0.05, 0.1) is 0 Å². The highest BCUT2D eigenvalue weighted by Crippen LogP contribution is 2.19. The van der Waals surface area contributed by atoms with Gasteiger partial charge in [-0.2, -0.15) is 0 Å². The number of carbonyl (C=O) groups is 1. The zero-order valence-electron chi connectivity index (χ0n) is 9.11. The molecule has 2 heterocycles. The molecule has 2 fully saturated rings. The maximum absolute atomic E-state index is 11.0. The van der Waals surface area contributed by atoms with Gasteiger partial charge in [-0.1, -0.05) is 0 Å². The van der Waals surface area contributed by atoms with E-state index in [0.29, 0.717) is 24.9 Å². The van der Waals surface area contributed by atoms with Gasteiger partial charge in [-0.05, 0) is 37.8 Å². The fourth-order valence-corrected chi connectivity index (χ4v) is 2.51. The van der Waals surface area contributed by atoms with Gasteiger partial charge in [-0.15, -0.1) is 0 Å². The van der Waals surface area contributed by atoms with E-state index in [0.717, 1.165) is 39.0 Å². The number of nitrogens with one attached hydrogen (secondary N) is 1. The van der Waals surface area contributed by atoms with Crippen molar-refractivity contribution in [1.29, 1.82) is 0 Å². The van der Waals surface area contributed by atoms with E-state index in [1.807, 2.05) is 0 Å². The second-order valence-corrected chi connectivity index (χ2v) is 4.80. The number of aliphatic hydroxyl groups excluding tert-OH is 1. The van der Waals surface area contributed by atoms with Crippen LogP contribution in [0.5, 0.6) is 0 Å². The number of hydrogen-bond acceptors (Lipinski definition) is 3. The Labute approximate surface area is 90.6 Å². The normalized spacial score (nSPS) is 29.4. The van der Waals surface area contributed by atoms with Crippen LogP contribution in [-0.4, -0.2) is 48.7 Å². The molecule has 2 aliphatic rings. The average Bonchev–Trinajstić information content (AvgIpc) is 2.65. The Morgan fingerprint density at radius 3 is 2.60 bits per heavy atom. The number of amides is 1. The molecule has 0 aromatic carbocycles. The van der Waals surface area contributed by atoms with E-state index in [2.05, 4.69) is 10.2 Å². The summed E-state index contributed by atoms with van der Waals surface area (Å²) in [5.74, 6) is 1.21. The highest BCUT2D eigenvalue weighted by atomic mass is 16.3. The molecular weight excluding hydrogens is 192 g/mol. The third kappa shape index (κ3) is 2.92. The van der Waals surface area contributed by atoms with E-state index in [-0.39, 0.29) is 5.91 Å². The van der Waals surface area contributed by atoms with Crippen molar-refractivity contribution >= 4 is 5.91 Å². The lowest BCUT2D eigenvalue weighted by Gasteiger charge is -2.32. The summed E-state index contributed by atoms with van der Waals surface area (Å²) in [6.45, 7) is 4.37. The Balaban J connectivity index is 1.70. The SMILES string of the molecule is O=C1C[C@H](CN2CCC(CO)CC2)CN1. The molecule has 4 nitrogen and oxygen atoms in total. The van der Waals surface area contributed by atoms with E-state index in [1.54, 1.807) is 0 Å². The molecule has 0 aromatic rings. The van der Waals surface area contributed by atoms with Crippen molar-refractivity contribution in [3.63, 3.8) is 0 Å². The van der Waals surface area contributed by atoms with Gasteiger partial charge >= 0.3 is 0 Å². The molecule has 86 valence electrons. The molecule has 0 aromatic heterocycles. The molecule has 2 aliphatic heterocycles. The van der Waals surface area contributed by atoms with E-state index in [1.165, 1.54) is 0 Å². The molecule has 0 aliphatic carbocycles. The number of hydrogen-bond donors (Lipinski definition) is 2. The van der Waals surface area contributed by atoms with Crippen molar-refractivity contribution in [3.05, 3.63) is 0 Å². The van der Waals surface area contributed by atoms with Gasteiger partial charge < -0.3 is 15.3 Å². The third-order valence-electron chi connectivity index (χ3n) is 3.54. The number of carbonyl (C=O) groups excluding carboxylic acids is 1. The summed E-state index contributed by atoms with van der Waals surface area (Å²) in [6.07, 6.45) is 2.90. The molecule has 4 heteroatoms. The molecule has 1 amide bonds. The van der Waals surface area contributed by atoms with E-state index in [4.69, 9.17) is 5.11 Å². The van der Waals surface area contributed by atoms with Crippen molar-refractivity contribution in [2.75, 3.05) is 32.8 Å². The lowest BCUT2D eigenvalue weighted by Crippen LogP contribution is -2.38. The van der Waals surface area contributed by atoms with E-state index < -0.39 is 0 Å². The first-order valence-electron chi connectivity index (χ1n) is 5.88. The molecule has 0 unspecified atom stereocenters. The summed E-state index contributed by atoms with van der Waals surface area (Å²) >= 11 is 0. The number of nitrogens with zero attached hydrogens (tertiary/aromatic N) is 1. The minimum Gasteiger partial charge on any atom is -0.396 e. The van der Waals surface area contributed by atoms with Crippen LogP contribution < -0.4 is 5.32 Å². The molecule has 0 bridgehead atoms. The van der Waals surface area contributed by atoms with Gasteiger partial charge in [0.1, 0.15) is 0 Å². The Kier molecular flexibility index (Phi) is 3.59. The first-order valence-corrected chi connectivity index (χ1v) is 5.88. The third-order valence-corrected chi connectivity index (χ3v) is 3.54. The van der Waals surface area contributed by atoms with Crippen LogP contribution in [0.4, 0.5) is 0 Å². The second kappa shape index (κ2) is 4.94. The Morgan fingerprint density at radius 2 is 2.07 bits per heavy atom. The second-order valence-electron chi connectivity index (χ2n) is 4.80. The number of piperidine rings is 1. The van der Waals surface area contributed by atoms with Crippen LogP contribution in [0, 0.1) is 11.8 Å². The van der Waals surface area contributed by atoms with Crippen LogP contribution in [0.1, 0.15) is 19.3 Å². The summed E-state index contributed by atoms with van der Waals surface area (Å²) < 4.78 is 0. The van der Waals surface area contributed by atoms with Crippen LogP contribution in [0.25, 0.3) is 0 Å². The largest absolute Gasteiger partial charge is 0.396 e. The van der Waals surface area contributed by atoms with Gasteiger partial charge in [0, 0.05) is 26.1 Å². The van der Waals surface area contributed by atoms with Crippen molar-refractivity contribution in [2.45, 2.75) is 19.3 Å². The lowest BCUT2D eigenvalue weighted by atomic mass is 9.97. The van der Waals surface area contributed by atoms with Crippen LogP contribution in [0.15, 0.2) is 0 Å². The molecule has 2 rings (SSSR count). The maximum Gasteiger partial charge on any atom is 0.220 e. The van der Waals surface area contributed by atoms with Gasteiger partial charge in [0.25, 0.3) is 0 Å². The molecule has 2 saturated heterocycles. The first kappa shape index (κ1) is 10.9. The topological polar surface area (TPSA) is 52.6 Å². The van der Waals surface area contributed by atoms with Crippen molar-refractivity contribution < 1.29 is 9.90 Å². The molecule has 1 atom stereocenters. The van der Waals surface area contributed by atoms with Crippen LogP contribution in [0.3, 0.4) is 0 Å². The zero-order valence-corrected chi connectivity index (χ0v) is 9.11. The fourth-order valence-electron chi connectivity index (χ4n) is 2.51. The molecule has 0 radical (unpaired) electrons. The predicted octanol–water partition coefficient (Wildman–Crippen LogP) is -0.173.